The second kappa shape index (κ2) is 5.32. The highest BCUT2D eigenvalue weighted by molar-refractivity contribution is 7.16. The van der Waals surface area contributed by atoms with Crippen LogP contribution in [0.25, 0.3) is 0 Å². The summed E-state index contributed by atoms with van der Waals surface area (Å²) in [5.41, 5.74) is 1.53. The van der Waals surface area contributed by atoms with Crippen molar-refractivity contribution in [3.8, 4) is 0 Å². The minimum atomic E-state index is -0.327. The van der Waals surface area contributed by atoms with Gasteiger partial charge in [0, 0.05) is 12.1 Å². The van der Waals surface area contributed by atoms with Crippen molar-refractivity contribution in [3.05, 3.63) is 46.3 Å². The van der Waals surface area contributed by atoms with Crippen molar-refractivity contribution in [2.75, 3.05) is 11.4 Å². The molecule has 20 heavy (non-hydrogen) atoms. The fraction of sp³-hybridized carbons (Fsp3) is 0.333. The number of benzene rings is 1. The van der Waals surface area contributed by atoms with Gasteiger partial charge >= 0.3 is 0 Å². The third-order valence-corrected chi connectivity index (χ3v) is 4.45. The van der Waals surface area contributed by atoms with Gasteiger partial charge < -0.3 is 0 Å². The molecule has 5 heteroatoms. The number of aryl methyl sites for hydroxylation is 2. The van der Waals surface area contributed by atoms with Crippen molar-refractivity contribution in [1.82, 2.24) is 4.98 Å². The molecule has 0 spiro atoms. The van der Waals surface area contributed by atoms with E-state index in [1.165, 1.54) is 24.3 Å². The van der Waals surface area contributed by atoms with E-state index in [9.17, 15) is 9.18 Å². The number of hydrogen-bond acceptors (Lipinski definition) is 3. The first kappa shape index (κ1) is 13.2. The molecule has 0 N–H and O–H groups in total. The summed E-state index contributed by atoms with van der Waals surface area (Å²) < 4.78 is 13.0. The molecular formula is C15H15FN2OS. The van der Waals surface area contributed by atoms with Crippen molar-refractivity contribution in [3.63, 3.8) is 0 Å². The highest BCUT2D eigenvalue weighted by Gasteiger charge is 2.25. The lowest BCUT2D eigenvalue weighted by Gasteiger charge is -2.19. The van der Waals surface area contributed by atoms with Gasteiger partial charge in [0.25, 0.3) is 5.91 Å². The van der Waals surface area contributed by atoms with E-state index in [2.05, 4.69) is 4.98 Å². The highest BCUT2D eigenvalue weighted by Crippen LogP contribution is 2.33. The molecule has 0 atom stereocenters. The molecule has 0 bridgehead atoms. The number of rotatable bonds is 1. The molecule has 1 aliphatic rings. The molecule has 0 radical (unpaired) electrons. The summed E-state index contributed by atoms with van der Waals surface area (Å²) in [7, 11) is 0. The summed E-state index contributed by atoms with van der Waals surface area (Å²) in [5.74, 6) is -0.399. The molecule has 3 nitrogen and oxygen atoms in total. The van der Waals surface area contributed by atoms with E-state index in [1.807, 2.05) is 6.92 Å². The Balaban J connectivity index is 1.96. The molecule has 3 rings (SSSR count). The first-order valence-electron chi connectivity index (χ1n) is 6.69. The SMILES string of the molecule is Cc1nc2c(s1)N(C(=O)c1ccc(F)cc1)CCCC2. The molecule has 0 saturated carbocycles. The quantitative estimate of drug-likeness (QED) is 0.804. The number of carbonyl (C=O) groups is 1. The van der Waals surface area contributed by atoms with Crippen molar-refractivity contribution >= 4 is 22.2 Å². The predicted octanol–water partition coefficient (Wildman–Crippen LogP) is 3.57. The van der Waals surface area contributed by atoms with Gasteiger partial charge in [0.2, 0.25) is 0 Å². The van der Waals surface area contributed by atoms with Gasteiger partial charge in [0.1, 0.15) is 10.8 Å². The lowest BCUT2D eigenvalue weighted by molar-refractivity contribution is 0.0987. The summed E-state index contributed by atoms with van der Waals surface area (Å²) >= 11 is 1.56. The predicted molar refractivity (Wildman–Crippen MR) is 77.9 cm³/mol. The minimum absolute atomic E-state index is 0.0724. The minimum Gasteiger partial charge on any atom is -0.298 e. The Morgan fingerprint density at radius 3 is 2.80 bits per heavy atom. The highest BCUT2D eigenvalue weighted by atomic mass is 32.1. The maximum atomic E-state index is 13.0. The smallest absolute Gasteiger partial charge is 0.258 e. The lowest BCUT2D eigenvalue weighted by atomic mass is 10.2. The van der Waals surface area contributed by atoms with E-state index in [0.717, 1.165) is 35.0 Å². The van der Waals surface area contributed by atoms with Gasteiger partial charge in [-0.15, -0.1) is 11.3 Å². The number of fused-ring (bicyclic) bond motifs is 1. The summed E-state index contributed by atoms with van der Waals surface area (Å²) in [6, 6.07) is 5.72. The second-order valence-electron chi connectivity index (χ2n) is 4.91. The third kappa shape index (κ3) is 2.45. The first-order chi connectivity index (χ1) is 9.65. The van der Waals surface area contributed by atoms with Gasteiger partial charge in [0.05, 0.1) is 10.7 Å². The lowest BCUT2D eigenvalue weighted by Crippen LogP contribution is -2.31. The van der Waals surface area contributed by atoms with Crippen LogP contribution < -0.4 is 4.90 Å². The first-order valence-corrected chi connectivity index (χ1v) is 7.50. The van der Waals surface area contributed by atoms with Crippen molar-refractivity contribution in [2.45, 2.75) is 26.2 Å². The molecule has 104 valence electrons. The molecule has 0 unspecified atom stereocenters. The molecule has 1 aromatic heterocycles. The maximum absolute atomic E-state index is 13.0. The molecule has 1 aromatic carbocycles. The largest absolute Gasteiger partial charge is 0.298 e. The van der Waals surface area contributed by atoms with E-state index in [0.29, 0.717) is 12.1 Å². The van der Waals surface area contributed by atoms with E-state index < -0.39 is 0 Å². The molecule has 1 amide bonds. The average Bonchev–Trinajstić information content (AvgIpc) is 2.69. The van der Waals surface area contributed by atoms with Crippen molar-refractivity contribution in [2.24, 2.45) is 0 Å². The topological polar surface area (TPSA) is 33.2 Å². The Kier molecular flexibility index (Phi) is 3.53. The van der Waals surface area contributed by atoms with Gasteiger partial charge in [-0.1, -0.05) is 0 Å². The summed E-state index contributed by atoms with van der Waals surface area (Å²) in [6.07, 6.45) is 2.94. The van der Waals surface area contributed by atoms with Crippen LogP contribution in [0.4, 0.5) is 9.39 Å². The number of anilines is 1. The third-order valence-electron chi connectivity index (χ3n) is 3.41. The zero-order valence-corrected chi connectivity index (χ0v) is 12.0. The van der Waals surface area contributed by atoms with Crippen LogP contribution in [0.3, 0.4) is 0 Å². The van der Waals surface area contributed by atoms with Crippen molar-refractivity contribution < 1.29 is 9.18 Å². The van der Waals surface area contributed by atoms with E-state index in [1.54, 1.807) is 16.2 Å². The van der Waals surface area contributed by atoms with E-state index in [-0.39, 0.29) is 11.7 Å². The molecule has 0 fully saturated rings. The van der Waals surface area contributed by atoms with Crippen LogP contribution in [0.5, 0.6) is 0 Å². The Morgan fingerprint density at radius 1 is 1.30 bits per heavy atom. The van der Waals surface area contributed by atoms with Gasteiger partial charge in [-0.3, -0.25) is 9.69 Å². The van der Waals surface area contributed by atoms with Crippen LogP contribution in [0.2, 0.25) is 0 Å². The molecule has 2 aromatic rings. The number of aromatic nitrogens is 1. The van der Waals surface area contributed by atoms with E-state index in [4.69, 9.17) is 0 Å². The molecule has 1 aliphatic heterocycles. The van der Waals surface area contributed by atoms with Crippen LogP contribution in [-0.4, -0.2) is 17.4 Å². The molecular weight excluding hydrogens is 275 g/mol. The molecule has 2 heterocycles. The normalized spacial score (nSPS) is 14.8. The Morgan fingerprint density at radius 2 is 2.05 bits per heavy atom. The Labute approximate surface area is 121 Å². The number of thiazole rings is 1. The van der Waals surface area contributed by atoms with E-state index >= 15 is 0 Å². The van der Waals surface area contributed by atoms with Gasteiger partial charge in [0.15, 0.2) is 0 Å². The maximum Gasteiger partial charge on any atom is 0.258 e. The fourth-order valence-corrected chi connectivity index (χ4v) is 3.42. The standard InChI is InChI=1S/C15H15FN2OS/c1-10-17-13-4-2-3-9-18(15(13)20-10)14(19)11-5-7-12(16)8-6-11/h5-8H,2-4,9H2,1H3. The van der Waals surface area contributed by atoms with Crippen LogP contribution >= 0.6 is 11.3 Å². The van der Waals surface area contributed by atoms with Crippen molar-refractivity contribution in [1.29, 1.82) is 0 Å². The zero-order valence-electron chi connectivity index (χ0n) is 11.2. The van der Waals surface area contributed by atoms with Crippen LogP contribution in [0, 0.1) is 12.7 Å². The number of hydrogen-bond donors (Lipinski definition) is 0. The van der Waals surface area contributed by atoms with Gasteiger partial charge in [-0.2, -0.15) is 0 Å². The van der Waals surface area contributed by atoms with Gasteiger partial charge in [-0.05, 0) is 50.5 Å². The average molecular weight is 290 g/mol. The zero-order chi connectivity index (χ0) is 14.1. The Bertz CT molecular complexity index is 636. The Hall–Kier alpha value is -1.75. The second-order valence-corrected chi connectivity index (χ2v) is 6.09. The number of amides is 1. The summed E-state index contributed by atoms with van der Waals surface area (Å²) in [4.78, 5) is 18.9. The summed E-state index contributed by atoms with van der Waals surface area (Å²) in [6.45, 7) is 2.66. The number of nitrogens with zero attached hydrogens (tertiary/aromatic N) is 2. The summed E-state index contributed by atoms with van der Waals surface area (Å²) in [5, 5.41) is 1.93. The monoisotopic (exact) mass is 290 g/mol. The van der Waals surface area contributed by atoms with Crippen LogP contribution in [0.15, 0.2) is 24.3 Å². The fourth-order valence-electron chi connectivity index (χ4n) is 2.44. The number of carbonyl (C=O) groups excluding carboxylic acids is 1. The van der Waals surface area contributed by atoms with Crippen LogP contribution in [0.1, 0.15) is 33.9 Å². The molecule has 0 aliphatic carbocycles. The number of halogens is 1. The van der Waals surface area contributed by atoms with Gasteiger partial charge in [-0.25, -0.2) is 9.37 Å². The van der Waals surface area contributed by atoms with Crippen LogP contribution in [-0.2, 0) is 6.42 Å². The molecule has 0 saturated heterocycles.